The van der Waals surface area contributed by atoms with E-state index in [2.05, 4.69) is 5.32 Å². The Kier molecular flexibility index (Phi) is 5.92. The summed E-state index contributed by atoms with van der Waals surface area (Å²) in [5.41, 5.74) is 5.66. The highest BCUT2D eigenvalue weighted by molar-refractivity contribution is 5.78. The van der Waals surface area contributed by atoms with Crippen molar-refractivity contribution in [1.82, 2.24) is 5.32 Å². The summed E-state index contributed by atoms with van der Waals surface area (Å²) in [4.78, 5) is 11.7. The predicted octanol–water partition coefficient (Wildman–Crippen LogP) is 1.03. The lowest BCUT2D eigenvalue weighted by Crippen LogP contribution is -2.36. The molecule has 4 nitrogen and oxygen atoms in total. The van der Waals surface area contributed by atoms with E-state index in [0.717, 1.165) is 32.1 Å². The minimum Gasteiger partial charge on any atom is -0.391 e. The minimum absolute atomic E-state index is 0.0140. The Balaban J connectivity index is 2.08. The zero-order valence-electron chi connectivity index (χ0n) is 11.0. The SMILES string of the molecule is CC(N)CCCC(C)C(=O)NCC(O)C1CC1. The van der Waals surface area contributed by atoms with Gasteiger partial charge in [0.1, 0.15) is 0 Å². The number of nitrogens with one attached hydrogen (secondary N) is 1. The summed E-state index contributed by atoms with van der Waals surface area (Å²) in [7, 11) is 0. The molecular weight excluding hydrogens is 216 g/mol. The molecule has 0 heterocycles. The predicted molar refractivity (Wildman–Crippen MR) is 68.4 cm³/mol. The second-order valence-electron chi connectivity index (χ2n) is 5.46. The zero-order valence-corrected chi connectivity index (χ0v) is 11.0. The highest BCUT2D eigenvalue weighted by Crippen LogP contribution is 2.32. The molecule has 3 unspecified atom stereocenters. The summed E-state index contributed by atoms with van der Waals surface area (Å²) in [6.07, 6.45) is 4.66. The first-order valence-corrected chi connectivity index (χ1v) is 6.72. The van der Waals surface area contributed by atoms with Crippen LogP contribution in [0, 0.1) is 11.8 Å². The van der Waals surface area contributed by atoms with E-state index in [1.807, 2.05) is 13.8 Å². The van der Waals surface area contributed by atoms with E-state index in [1.54, 1.807) is 0 Å². The zero-order chi connectivity index (χ0) is 12.8. The first kappa shape index (κ1) is 14.5. The highest BCUT2D eigenvalue weighted by atomic mass is 16.3. The van der Waals surface area contributed by atoms with Crippen LogP contribution < -0.4 is 11.1 Å². The lowest BCUT2D eigenvalue weighted by Gasteiger charge is -2.15. The summed E-state index contributed by atoms with van der Waals surface area (Å²) >= 11 is 0. The largest absolute Gasteiger partial charge is 0.391 e. The molecule has 1 fully saturated rings. The van der Waals surface area contributed by atoms with Crippen molar-refractivity contribution in [2.45, 2.75) is 58.1 Å². The van der Waals surface area contributed by atoms with Crippen LogP contribution in [-0.2, 0) is 4.79 Å². The Labute approximate surface area is 104 Å². The molecule has 3 atom stereocenters. The average Bonchev–Trinajstić information content (AvgIpc) is 3.08. The molecule has 1 aliphatic rings. The van der Waals surface area contributed by atoms with Crippen LogP contribution in [0.4, 0.5) is 0 Å². The van der Waals surface area contributed by atoms with Crippen LogP contribution in [0.3, 0.4) is 0 Å². The highest BCUT2D eigenvalue weighted by Gasteiger charge is 2.29. The molecule has 0 aromatic heterocycles. The van der Waals surface area contributed by atoms with Gasteiger partial charge in [0, 0.05) is 18.5 Å². The molecule has 1 aliphatic carbocycles. The molecule has 1 saturated carbocycles. The molecule has 0 aliphatic heterocycles. The molecule has 1 amide bonds. The molecule has 4 heteroatoms. The third-order valence-electron chi connectivity index (χ3n) is 3.40. The fourth-order valence-corrected chi connectivity index (χ4v) is 1.90. The average molecular weight is 242 g/mol. The second kappa shape index (κ2) is 6.97. The lowest BCUT2D eigenvalue weighted by atomic mass is 10.0. The molecule has 0 aromatic rings. The number of hydrogen-bond donors (Lipinski definition) is 3. The van der Waals surface area contributed by atoms with Crippen molar-refractivity contribution in [1.29, 1.82) is 0 Å². The third-order valence-corrected chi connectivity index (χ3v) is 3.40. The maximum absolute atomic E-state index is 11.7. The van der Waals surface area contributed by atoms with Crippen molar-refractivity contribution in [3.05, 3.63) is 0 Å². The van der Waals surface area contributed by atoms with Gasteiger partial charge in [-0.15, -0.1) is 0 Å². The number of carbonyl (C=O) groups is 1. The summed E-state index contributed by atoms with van der Waals surface area (Å²) < 4.78 is 0. The maximum atomic E-state index is 11.7. The summed E-state index contributed by atoms with van der Waals surface area (Å²) in [6, 6.07) is 0.210. The van der Waals surface area contributed by atoms with E-state index >= 15 is 0 Å². The number of aliphatic hydroxyl groups is 1. The van der Waals surface area contributed by atoms with Crippen LogP contribution in [0.2, 0.25) is 0 Å². The van der Waals surface area contributed by atoms with Gasteiger partial charge in [-0.25, -0.2) is 0 Å². The van der Waals surface area contributed by atoms with E-state index in [1.165, 1.54) is 0 Å². The van der Waals surface area contributed by atoms with Gasteiger partial charge in [-0.2, -0.15) is 0 Å². The standard InChI is InChI=1S/C13H26N2O2/c1-9(4-3-5-10(2)14)13(17)15-8-12(16)11-6-7-11/h9-12,16H,3-8,14H2,1-2H3,(H,15,17). The Morgan fingerprint density at radius 2 is 2.06 bits per heavy atom. The summed E-state index contributed by atoms with van der Waals surface area (Å²) in [5, 5.41) is 12.5. The first-order chi connectivity index (χ1) is 8.00. The Bertz CT molecular complexity index is 240. The molecule has 4 N–H and O–H groups in total. The molecule has 0 aromatic carbocycles. The Morgan fingerprint density at radius 3 is 2.59 bits per heavy atom. The van der Waals surface area contributed by atoms with Crippen LogP contribution in [0.15, 0.2) is 0 Å². The number of nitrogens with two attached hydrogens (primary N) is 1. The van der Waals surface area contributed by atoms with Gasteiger partial charge >= 0.3 is 0 Å². The fraction of sp³-hybridized carbons (Fsp3) is 0.923. The van der Waals surface area contributed by atoms with Crippen LogP contribution in [0.25, 0.3) is 0 Å². The molecule has 0 saturated heterocycles. The number of aliphatic hydroxyl groups excluding tert-OH is 1. The van der Waals surface area contributed by atoms with Crippen LogP contribution in [0.1, 0.15) is 46.0 Å². The van der Waals surface area contributed by atoms with Crippen molar-refractivity contribution in [3.8, 4) is 0 Å². The van der Waals surface area contributed by atoms with Gasteiger partial charge in [0.2, 0.25) is 5.91 Å². The Hall–Kier alpha value is -0.610. The van der Waals surface area contributed by atoms with E-state index in [4.69, 9.17) is 5.73 Å². The van der Waals surface area contributed by atoms with Crippen molar-refractivity contribution < 1.29 is 9.90 Å². The Morgan fingerprint density at radius 1 is 1.41 bits per heavy atom. The smallest absolute Gasteiger partial charge is 0.222 e. The van der Waals surface area contributed by atoms with Gasteiger partial charge in [-0.3, -0.25) is 4.79 Å². The molecule has 1 rings (SSSR count). The van der Waals surface area contributed by atoms with Gasteiger partial charge in [0.25, 0.3) is 0 Å². The van der Waals surface area contributed by atoms with Crippen molar-refractivity contribution in [2.24, 2.45) is 17.6 Å². The lowest BCUT2D eigenvalue weighted by molar-refractivity contribution is -0.125. The van der Waals surface area contributed by atoms with E-state index < -0.39 is 0 Å². The van der Waals surface area contributed by atoms with E-state index in [-0.39, 0.29) is 24.0 Å². The van der Waals surface area contributed by atoms with Crippen molar-refractivity contribution in [3.63, 3.8) is 0 Å². The monoisotopic (exact) mass is 242 g/mol. The molecule has 0 bridgehead atoms. The summed E-state index contributed by atoms with van der Waals surface area (Å²) in [6.45, 7) is 4.32. The van der Waals surface area contributed by atoms with Crippen LogP contribution in [0.5, 0.6) is 0 Å². The molecule has 0 spiro atoms. The van der Waals surface area contributed by atoms with E-state index in [0.29, 0.717) is 12.5 Å². The van der Waals surface area contributed by atoms with Gasteiger partial charge in [-0.1, -0.05) is 13.3 Å². The van der Waals surface area contributed by atoms with Crippen molar-refractivity contribution >= 4 is 5.91 Å². The van der Waals surface area contributed by atoms with Gasteiger partial charge in [-0.05, 0) is 38.5 Å². The van der Waals surface area contributed by atoms with Gasteiger partial charge in [0.15, 0.2) is 0 Å². The normalized spacial score (nSPS) is 20.7. The summed E-state index contributed by atoms with van der Waals surface area (Å²) in [5.74, 6) is 0.484. The minimum atomic E-state index is -0.352. The van der Waals surface area contributed by atoms with Crippen molar-refractivity contribution in [2.75, 3.05) is 6.54 Å². The van der Waals surface area contributed by atoms with Gasteiger partial charge in [0.05, 0.1) is 6.10 Å². The number of amides is 1. The van der Waals surface area contributed by atoms with E-state index in [9.17, 15) is 9.90 Å². The first-order valence-electron chi connectivity index (χ1n) is 6.72. The van der Waals surface area contributed by atoms with Crippen LogP contribution in [-0.4, -0.2) is 29.7 Å². The quantitative estimate of drug-likeness (QED) is 0.595. The van der Waals surface area contributed by atoms with Gasteiger partial charge < -0.3 is 16.2 Å². The number of carbonyl (C=O) groups excluding carboxylic acids is 1. The second-order valence-corrected chi connectivity index (χ2v) is 5.46. The molecule has 100 valence electrons. The molecule has 17 heavy (non-hydrogen) atoms. The topological polar surface area (TPSA) is 75.4 Å². The molecule has 0 radical (unpaired) electrons. The number of hydrogen-bond acceptors (Lipinski definition) is 3. The molecular formula is C13H26N2O2. The third kappa shape index (κ3) is 6.03. The maximum Gasteiger partial charge on any atom is 0.222 e. The fourth-order valence-electron chi connectivity index (χ4n) is 1.90. The van der Waals surface area contributed by atoms with Crippen LogP contribution >= 0.6 is 0 Å². The number of rotatable bonds is 8.